The molecule has 1 aliphatic heterocycles. The molecule has 3 aliphatic carbocycles. The molecule has 2 heterocycles. The molecule has 2 aromatic rings. The second kappa shape index (κ2) is 7.52. The third-order valence-electron chi connectivity index (χ3n) is 8.47. The highest BCUT2D eigenvalue weighted by Gasteiger charge is 2.46. The van der Waals surface area contributed by atoms with Gasteiger partial charge in [0.05, 0.1) is 5.69 Å². The maximum absolute atomic E-state index is 13.3. The zero-order valence-corrected chi connectivity index (χ0v) is 19.7. The third kappa shape index (κ3) is 3.82. The van der Waals surface area contributed by atoms with E-state index in [1.54, 1.807) is 0 Å². The summed E-state index contributed by atoms with van der Waals surface area (Å²) in [6.45, 7) is 7.36. The summed E-state index contributed by atoms with van der Waals surface area (Å²) in [6.07, 6.45) is 9.93. The molecule has 0 unspecified atom stereocenters. The summed E-state index contributed by atoms with van der Waals surface area (Å²) in [5, 5.41) is 0. The topological polar surface area (TPSA) is 52.2 Å². The van der Waals surface area contributed by atoms with Crippen molar-refractivity contribution >= 4 is 11.3 Å². The number of halogens is 1. The lowest BCUT2D eigenvalue weighted by Gasteiger charge is -2.50. The minimum Gasteiger partial charge on any atom is -0.368 e. The summed E-state index contributed by atoms with van der Waals surface area (Å²) in [7, 11) is 0. The number of benzene rings is 1. The van der Waals surface area contributed by atoms with Gasteiger partial charge in [-0.2, -0.15) is 0 Å². The molecule has 2 fully saturated rings. The Morgan fingerprint density at radius 3 is 2.61 bits per heavy atom. The van der Waals surface area contributed by atoms with E-state index in [9.17, 15) is 9.18 Å². The highest BCUT2D eigenvalue weighted by Crippen LogP contribution is 2.54. The van der Waals surface area contributed by atoms with Crippen molar-refractivity contribution in [1.29, 1.82) is 0 Å². The average Bonchev–Trinajstić information content (AvgIpc) is 3.35. The quantitative estimate of drug-likeness (QED) is 0.760. The second-order valence-electron chi connectivity index (χ2n) is 11.2. The molecule has 1 saturated heterocycles. The summed E-state index contributed by atoms with van der Waals surface area (Å²) in [5.74, 6) is 0.594. The first-order valence-corrected chi connectivity index (χ1v) is 12.4. The lowest BCUT2D eigenvalue weighted by Crippen LogP contribution is -2.61. The number of aromatic amines is 1. The van der Waals surface area contributed by atoms with Gasteiger partial charge in [0.2, 0.25) is 0 Å². The van der Waals surface area contributed by atoms with Gasteiger partial charge in [0, 0.05) is 42.5 Å². The SMILES string of the molecule is CC1(C)CN(c2ccc(F)cc2)CCN1[C@@H]1C=C(c2nc3c(c(=O)[nH]2)CC2(CC3)CC2)CC1. The number of rotatable bonds is 3. The number of anilines is 1. The Balaban J connectivity index is 1.20. The van der Waals surface area contributed by atoms with Gasteiger partial charge in [-0.3, -0.25) is 9.69 Å². The van der Waals surface area contributed by atoms with Gasteiger partial charge in [-0.1, -0.05) is 6.08 Å². The lowest BCUT2D eigenvalue weighted by molar-refractivity contribution is 0.0755. The van der Waals surface area contributed by atoms with Gasteiger partial charge in [-0.25, -0.2) is 9.37 Å². The van der Waals surface area contributed by atoms with Gasteiger partial charge in [0.15, 0.2) is 0 Å². The van der Waals surface area contributed by atoms with E-state index in [0.29, 0.717) is 11.5 Å². The number of H-pyrrole nitrogens is 1. The number of aromatic nitrogens is 2. The first kappa shape index (κ1) is 21.1. The van der Waals surface area contributed by atoms with Crippen molar-refractivity contribution in [3.05, 3.63) is 63.6 Å². The number of nitrogens with zero attached hydrogens (tertiary/aromatic N) is 3. The molecule has 6 rings (SSSR count). The molecule has 174 valence electrons. The Morgan fingerprint density at radius 1 is 1.09 bits per heavy atom. The highest BCUT2D eigenvalue weighted by atomic mass is 19.1. The molecule has 1 saturated carbocycles. The number of piperazine rings is 1. The van der Waals surface area contributed by atoms with Gasteiger partial charge < -0.3 is 9.88 Å². The van der Waals surface area contributed by atoms with Crippen molar-refractivity contribution in [2.24, 2.45) is 5.41 Å². The molecule has 0 radical (unpaired) electrons. The van der Waals surface area contributed by atoms with Crippen LogP contribution in [0.2, 0.25) is 0 Å². The smallest absolute Gasteiger partial charge is 0.254 e. The predicted molar refractivity (Wildman–Crippen MR) is 129 cm³/mol. The zero-order valence-electron chi connectivity index (χ0n) is 19.7. The van der Waals surface area contributed by atoms with Crippen LogP contribution in [-0.4, -0.2) is 46.1 Å². The van der Waals surface area contributed by atoms with E-state index in [2.05, 4.69) is 34.7 Å². The summed E-state index contributed by atoms with van der Waals surface area (Å²) >= 11 is 0. The van der Waals surface area contributed by atoms with Gasteiger partial charge in [0.1, 0.15) is 11.6 Å². The van der Waals surface area contributed by atoms with E-state index in [1.807, 2.05) is 12.1 Å². The third-order valence-corrected chi connectivity index (χ3v) is 8.47. The maximum atomic E-state index is 13.3. The van der Waals surface area contributed by atoms with E-state index in [-0.39, 0.29) is 16.9 Å². The number of aryl methyl sites for hydroxylation is 1. The van der Waals surface area contributed by atoms with Crippen molar-refractivity contribution in [2.45, 2.75) is 70.4 Å². The van der Waals surface area contributed by atoms with E-state index >= 15 is 0 Å². The van der Waals surface area contributed by atoms with Crippen LogP contribution in [0.5, 0.6) is 0 Å². The lowest BCUT2D eigenvalue weighted by atomic mass is 9.84. The molecule has 1 aromatic heterocycles. The Bertz CT molecular complexity index is 1160. The van der Waals surface area contributed by atoms with Crippen molar-refractivity contribution in [3.8, 4) is 0 Å². The molecule has 4 aliphatic rings. The Labute approximate surface area is 194 Å². The van der Waals surface area contributed by atoms with Crippen LogP contribution >= 0.6 is 0 Å². The fourth-order valence-electron chi connectivity index (χ4n) is 6.34. The van der Waals surface area contributed by atoms with Crippen LogP contribution < -0.4 is 10.5 Å². The summed E-state index contributed by atoms with van der Waals surface area (Å²) in [4.78, 5) is 25.9. The normalized spacial score (nSPS) is 25.7. The molecular formula is C27H33FN4O. The molecule has 6 heteroatoms. The minimum atomic E-state index is -0.193. The summed E-state index contributed by atoms with van der Waals surface area (Å²) in [6, 6.07) is 7.17. The molecule has 33 heavy (non-hydrogen) atoms. The second-order valence-corrected chi connectivity index (χ2v) is 11.2. The van der Waals surface area contributed by atoms with Crippen LogP contribution in [-0.2, 0) is 12.8 Å². The summed E-state index contributed by atoms with van der Waals surface area (Å²) < 4.78 is 13.3. The molecule has 1 N–H and O–H groups in total. The number of allylic oxidation sites excluding steroid dienone is 1. The van der Waals surface area contributed by atoms with Gasteiger partial charge in [-0.05, 0) is 94.0 Å². The minimum absolute atomic E-state index is 0.0154. The Hall–Kier alpha value is -2.47. The van der Waals surface area contributed by atoms with Crippen molar-refractivity contribution < 1.29 is 4.39 Å². The van der Waals surface area contributed by atoms with Crippen LogP contribution in [0.15, 0.2) is 35.1 Å². The van der Waals surface area contributed by atoms with E-state index in [4.69, 9.17) is 4.98 Å². The predicted octanol–water partition coefficient (Wildman–Crippen LogP) is 4.32. The first-order valence-electron chi connectivity index (χ1n) is 12.4. The van der Waals surface area contributed by atoms with Gasteiger partial charge >= 0.3 is 0 Å². The van der Waals surface area contributed by atoms with Crippen molar-refractivity contribution in [2.75, 3.05) is 24.5 Å². The molecule has 0 bridgehead atoms. The Kier molecular flexibility index (Phi) is 4.81. The van der Waals surface area contributed by atoms with Crippen LogP contribution in [0.4, 0.5) is 10.1 Å². The molecule has 5 nitrogen and oxygen atoms in total. The fourth-order valence-corrected chi connectivity index (χ4v) is 6.34. The van der Waals surface area contributed by atoms with Gasteiger partial charge in [0.25, 0.3) is 5.56 Å². The van der Waals surface area contributed by atoms with Crippen LogP contribution in [0.25, 0.3) is 5.57 Å². The molecule has 0 amide bonds. The molecular weight excluding hydrogens is 415 g/mol. The van der Waals surface area contributed by atoms with Crippen LogP contribution in [0, 0.1) is 11.2 Å². The van der Waals surface area contributed by atoms with E-state index < -0.39 is 0 Å². The maximum Gasteiger partial charge on any atom is 0.254 e. The largest absolute Gasteiger partial charge is 0.368 e. The van der Waals surface area contributed by atoms with Gasteiger partial charge in [-0.15, -0.1) is 0 Å². The van der Waals surface area contributed by atoms with Crippen molar-refractivity contribution in [1.82, 2.24) is 14.9 Å². The van der Waals surface area contributed by atoms with Crippen LogP contribution in [0.1, 0.15) is 63.0 Å². The standard InChI is InChI=1S/C27H33FN4O/c1-26(2)17-31(20-7-4-19(28)5-8-20)13-14-32(26)21-6-3-18(15-21)24-29-23-9-10-27(11-12-27)16-22(23)25(33)30-24/h4-5,7-8,15,21H,3,6,9-14,16-17H2,1-2H3,(H,29,30,33)/t21-/m0/s1. The van der Waals surface area contributed by atoms with Crippen molar-refractivity contribution in [3.63, 3.8) is 0 Å². The molecule has 1 spiro atoms. The zero-order chi connectivity index (χ0) is 22.8. The summed E-state index contributed by atoms with van der Waals surface area (Å²) in [5.41, 5.74) is 4.72. The molecule has 1 aromatic carbocycles. The Morgan fingerprint density at radius 2 is 1.88 bits per heavy atom. The monoisotopic (exact) mass is 448 g/mol. The molecule has 1 atom stereocenters. The highest BCUT2D eigenvalue weighted by molar-refractivity contribution is 5.63. The van der Waals surface area contributed by atoms with E-state index in [0.717, 1.165) is 68.1 Å². The van der Waals surface area contributed by atoms with E-state index in [1.165, 1.54) is 37.0 Å². The fraction of sp³-hybridized carbons (Fsp3) is 0.556. The number of hydrogen-bond donors (Lipinski definition) is 1. The number of fused-ring (bicyclic) bond motifs is 1. The van der Waals surface area contributed by atoms with Crippen LogP contribution in [0.3, 0.4) is 0 Å². The number of nitrogens with one attached hydrogen (secondary N) is 1. The number of hydrogen-bond acceptors (Lipinski definition) is 4. The first-order chi connectivity index (χ1) is 15.8. The average molecular weight is 449 g/mol.